The molecule has 0 aromatic heterocycles. The zero-order chi connectivity index (χ0) is 20.3. The first-order chi connectivity index (χ1) is 13.6. The van der Waals surface area contributed by atoms with Crippen molar-refractivity contribution in [2.75, 3.05) is 31.1 Å². The summed E-state index contributed by atoms with van der Waals surface area (Å²) in [5.41, 5.74) is 4.47. The molecule has 3 atom stereocenters. The summed E-state index contributed by atoms with van der Waals surface area (Å²) in [4.78, 5) is 17.6. The summed E-state index contributed by atoms with van der Waals surface area (Å²) < 4.78 is 0. The minimum atomic E-state index is -0.0139. The molecule has 0 spiro atoms. The zero-order valence-corrected chi connectivity index (χ0v) is 17.8. The molecule has 1 fully saturated rings. The second-order valence-electron chi connectivity index (χ2n) is 8.24. The monoisotopic (exact) mass is 384 g/mol. The van der Waals surface area contributed by atoms with Gasteiger partial charge in [-0.05, 0) is 74.6 Å². The van der Waals surface area contributed by atoms with E-state index in [-0.39, 0.29) is 18.4 Å². The molecule has 1 saturated carbocycles. The van der Waals surface area contributed by atoms with Crippen molar-refractivity contribution in [2.24, 2.45) is 11.8 Å². The molecular formula is C24H36N2O2. The van der Waals surface area contributed by atoms with Gasteiger partial charge in [0.15, 0.2) is 0 Å². The molecular weight excluding hydrogens is 348 g/mol. The minimum Gasteiger partial charge on any atom is -0.396 e. The molecule has 28 heavy (non-hydrogen) atoms. The summed E-state index contributed by atoms with van der Waals surface area (Å²) >= 11 is 0. The van der Waals surface area contributed by atoms with Gasteiger partial charge in [-0.25, -0.2) is 0 Å². The molecule has 1 aromatic carbocycles. The molecule has 0 saturated heterocycles. The van der Waals surface area contributed by atoms with Gasteiger partial charge < -0.3 is 14.9 Å². The number of benzene rings is 1. The Morgan fingerprint density at radius 1 is 1.25 bits per heavy atom. The van der Waals surface area contributed by atoms with Gasteiger partial charge in [0.1, 0.15) is 0 Å². The molecule has 4 nitrogen and oxygen atoms in total. The molecule has 4 heteroatoms. The molecule has 1 heterocycles. The molecule has 3 unspecified atom stereocenters. The lowest BCUT2D eigenvalue weighted by Crippen LogP contribution is -2.30. The van der Waals surface area contributed by atoms with Gasteiger partial charge in [-0.2, -0.15) is 0 Å². The molecule has 1 amide bonds. The van der Waals surface area contributed by atoms with Gasteiger partial charge in [0, 0.05) is 37.6 Å². The van der Waals surface area contributed by atoms with Gasteiger partial charge in [-0.15, -0.1) is 0 Å². The van der Waals surface area contributed by atoms with E-state index in [4.69, 9.17) is 5.11 Å². The van der Waals surface area contributed by atoms with Crippen LogP contribution in [0.3, 0.4) is 0 Å². The lowest BCUT2D eigenvalue weighted by atomic mass is 9.92. The van der Waals surface area contributed by atoms with Crippen molar-refractivity contribution in [3.05, 3.63) is 35.9 Å². The molecule has 1 aromatic rings. The summed E-state index contributed by atoms with van der Waals surface area (Å²) in [6.45, 7) is 13.7. The number of anilines is 1. The van der Waals surface area contributed by atoms with E-state index in [2.05, 4.69) is 50.4 Å². The average Bonchev–Trinajstić information content (AvgIpc) is 3.41. The highest BCUT2D eigenvalue weighted by Crippen LogP contribution is 2.56. The molecule has 1 aliphatic carbocycles. The van der Waals surface area contributed by atoms with E-state index in [1.54, 1.807) is 0 Å². The van der Waals surface area contributed by atoms with Crippen molar-refractivity contribution in [1.82, 2.24) is 4.90 Å². The van der Waals surface area contributed by atoms with Crippen LogP contribution >= 0.6 is 0 Å². The van der Waals surface area contributed by atoms with E-state index in [9.17, 15) is 4.79 Å². The van der Waals surface area contributed by atoms with Crippen LogP contribution in [0.1, 0.15) is 69.9 Å². The van der Waals surface area contributed by atoms with Crippen LogP contribution < -0.4 is 4.90 Å². The van der Waals surface area contributed by atoms with Crippen LogP contribution in [0.15, 0.2) is 24.8 Å². The number of amides is 1. The van der Waals surface area contributed by atoms with Gasteiger partial charge in [-0.3, -0.25) is 4.79 Å². The Balaban J connectivity index is 1.90. The zero-order valence-electron chi connectivity index (χ0n) is 17.8. The first-order valence-electron chi connectivity index (χ1n) is 11.1. The van der Waals surface area contributed by atoms with E-state index in [0.29, 0.717) is 11.8 Å². The number of carbonyl (C=O) groups excluding carboxylic acids is 1. The fourth-order valence-corrected chi connectivity index (χ4v) is 4.76. The summed E-state index contributed by atoms with van der Waals surface area (Å²) in [5.74, 6) is 1.28. The van der Waals surface area contributed by atoms with E-state index < -0.39 is 0 Å². The SMILES string of the molecule is C=C(c1ccc2c(c1)C(C1CC1CCCO)C(=O)N2CCCC)N(CC)CC. The molecule has 3 rings (SSSR count). The fraction of sp³-hybridized carbons (Fsp3) is 0.625. The smallest absolute Gasteiger partial charge is 0.234 e. The fourth-order valence-electron chi connectivity index (χ4n) is 4.76. The van der Waals surface area contributed by atoms with Crippen molar-refractivity contribution >= 4 is 17.3 Å². The van der Waals surface area contributed by atoms with Crippen LogP contribution in [0.2, 0.25) is 0 Å². The standard InChI is InChI=1S/C24H36N2O2/c1-5-8-13-26-22-12-11-18(17(4)25(6-2)7-3)15-21(22)23(24(26)28)20-16-19(20)10-9-14-27/h11-12,15,19-20,23,27H,4-10,13-14,16H2,1-3H3. The van der Waals surface area contributed by atoms with E-state index in [1.807, 2.05) is 4.90 Å². The van der Waals surface area contributed by atoms with Crippen LogP contribution in [-0.2, 0) is 4.79 Å². The highest BCUT2D eigenvalue weighted by atomic mass is 16.3. The highest BCUT2D eigenvalue weighted by molar-refractivity contribution is 6.05. The second kappa shape index (κ2) is 9.13. The van der Waals surface area contributed by atoms with Gasteiger partial charge in [0.05, 0.1) is 5.92 Å². The van der Waals surface area contributed by atoms with Crippen LogP contribution in [0.5, 0.6) is 0 Å². The summed E-state index contributed by atoms with van der Waals surface area (Å²) in [6, 6.07) is 6.49. The maximum absolute atomic E-state index is 13.3. The topological polar surface area (TPSA) is 43.8 Å². The Kier molecular flexibility index (Phi) is 6.82. The number of fused-ring (bicyclic) bond motifs is 1. The molecule has 0 radical (unpaired) electrons. The van der Waals surface area contributed by atoms with Crippen molar-refractivity contribution in [3.8, 4) is 0 Å². The average molecular weight is 385 g/mol. The van der Waals surface area contributed by atoms with Crippen molar-refractivity contribution in [1.29, 1.82) is 0 Å². The third kappa shape index (κ3) is 3.98. The Bertz CT molecular complexity index is 711. The number of nitrogens with zero attached hydrogens (tertiary/aromatic N) is 2. The number of unbranched alkanes of at least 4 members (excludes halogenated alkanes) is 1. The third-order valence-electron chi connectivity index (χ3n) is 6.54. The maximum Gasteiger partial charge on any atom is 0.234 e. The van der Waals surface area contributed by atoms with Crippen LogP contribution in [0.4, 0.5) is 5.69 Å². The Morgan fingerprint density at radius 3 is 2.64 bits per heavy atom. The number of aliphatic hydroxyl groups is 1. The molecule has 2 aliphatic rings. The summed E-state index contributed by atoms with van der Waals surface area (Å²) in [6.07, 6.45) is 5.10. The Morgan fingerprint density at radius 2 is 2.00 bits per heavy atom. The predicted octanol–water partition coefficient (Wildman–Crippen LogP) is 4.64. The van der Waals surface area contributed by atoms with Crippen molar-refractivity contribution < 1.29 is 9.90 Å². The minimum absolute atomic E-state index is 0.0139. The quantitative estimate of drug-likeness (QED) is 0.604. The Labute approximate surface area is 170 Å². The van der Waals surface area contributed by atoms with Crippen LogP contribution in [0, 0.1) is 11.8 Å². The second-order valence-corrected chi connectivity index (χ2v) is 8.24. The lowest BCUT2D eigenvalue weighted by Gasteiger charge is -2.24. The molecule has 1 aliphatic heterocycles. The number of carbonyl (C=O) groups is 1. The summed E-state index contributed by atoms with van der Waals surface area (Å²) in [5, 5.41) is 9.15. The normalized spacial score (nSPS) is 23.1. The first-order valence-corrected chi connectivity index (χ1v) is 11.1. The van der Waals surface area contributed by atoms with Crippen molar-refractivity contribution in [3.63, 3.8) is 0 Å². The van der Waals surface area contributed by atoms with E-state index >= 15 is 0 Å². The van der Waals surface area contributed by atoms with Crippen molar-refractivity contribution in [2.45, 2.75) is 58.8 Å². The number of aliphatic hydroxyl groups excluding tert-OH is 1. The van der Waals surface area contributed by atoms with E-state index in [0.717, 1.165) is 68.7 Å². The predicted molar refractivity (Wildman–Crippen MR) is 116 cm³/mol. The van der Waals surface area contributed by atoms with Gasteiger partial charge >= 0.3 is 0 Å². The lowest BCUT2D eigenvalue weighted by molar-refractivity contribution is -0.119. The van der Waals surface area contributed by atoms with Crippen LogP contribution in [-0.4, -0.2) is 42.2 Å². The third-order valence-corrected chi connectivity index (χ3v) is 6.54. The molecule has 0 bridgehead atoms. The summed E-state index contributed by atoms with van der Waals surface area (Å²) in [7, 11) is 0. The van der Waals surface area contributed by atoms with Crippen LogP contribution in [0.25, 0.3) is 5.70 Å². The Hall–Kier alpha value is -1.81. The van der Waals surface area contributed by atoms with Gasteiger partial charge in [-0.1, -0.05) is 26.0 Å². The highest BCUT2D eigenvalue weighted by Gasteiger charge is 2.51. The van der Waals surface area contributed by atoms with Gasteiger partial charge in [0.25, 0.3) is 0 Å². The maximum atomic E-state index is 13.3. The number of hydrogen-bond donors (Lipinski definition) is 1. The first kappa shape index (κ1) is 20.9. The molecule has 1 N–H and O–H groups in total. The van der Waals surface area contributed by atoms with E-state index in [1.165, 1.54) is 5.56 Å². The number of rotatable bonds is 11. The number of hydrogen-bond acceptors (Lipinski definition) is 3. The molecule has 154 valence electrons. The largest absolute Gasteiger partial charge is 0.396 e. The van der Waals surface area contributed by atoms with Gasteiger partial charge in [0.2, 0.25) is 5.91 Å².